The largest absolute Gasteiger partial charge is 0.443 e. The molecular weight excluding hydrogens is 298 g/mol. The van der Waals surface area contributed by atoms with Crippen molar-refractivity contribution in [3.63, 3.8) is 0 Å². The summed E-state index contributed by atoms with van der Waals surface area (Å²) in [5, 5.41) is 5.91. The number of aryl methyl sites for hydroxylation is 1. The van der Waals surface area contributed by atoms with E-state index in [4.69, 9.17) is 4.42 Å². The van der Waals surface area contributed by atoms with Gasteiger partial charge in [0.1, 0.15) is 0 Å². The van der Waals surface area contributed by atoms with Crippen LogP contribution in [0, 0.1) is 0 Å². The van der Waals surface area contributed by atoms with E-state index in [1.807, 2.05) is 35.7 Å². The molecule has 5 nitrogen and oxygen atoms in total. The van der Waals surface area contributed by atoms with Gasteiger partial charge in [-0.05, 0) is 6.42 Å². The quantitative estimate of drug-likeness (QED) is 0.710. The lowest BCUT2D eigenvalue weighted by Crippen LogP contribution is -2.25. The molecule has 22 heavy (non-hydrogen) atoms. The number of nitrogens with one attached hydrogen (secondary N) is 1. The minimum atomic E-state index is -0.216. The summed E-state index contributed by atoms with van der Waals surface area (Å²) in [5.41, 5.74) is 1.16. The Morgan fingerprint density at radius 2 is 2.09 bits per heavy atom. The molecule has 0 radical (unpaired) electrons. The molecule has 0 spiro atoms. The molecule has 0 aliphatic carbocycles. The van der Waals surface area contributed by atoms with E-state index in [-0.39, 0.29) is 5.91 Å². The number of hydrogen-bond donors (Lipinski definition) is 1. The molecule has 0 unspecified atom stereocenters. The molecule has 1 aromatic carbocycles. The topological polar surface area (TPSA) is 68.0 Å². The van der Waals surface area contributed by atoms with Crippen LogP contribution in [-0.2, 0) is 6.42 Å². The van der Waals surface area contributed by atoms with Crippen molar-refractivity contribution >= 4 is 17.2 Å². The molecule has 2 aromatic heterocycles. The van der Waals surface area contributed by atoms with Gasteiger partial charge in [-0.1, -0.05) is 30.3 Å². The molecule has 2 heterocycles. The molecule has 1 N–H and O–H groups in total. The molecule has 0 aliphatic rings. The molecule has 6 heteroatoms. The van der Waals surface area contributed by atoms with Gasteiger partial charge in [-0.2, -0.15) is 0 Å². The van der Waals surface area contributed by atoms with Crippen molar-refractivity contribution in [1.29, 1.82) is 0 Å². The molecule has 0 saturated carbocycles. The van der Waals surface area contributed by atoms with Crippen LogP contribution in [-0.4, -0.2) is 22.4 Å². The Bertz CT molecular complexity index is 723. The zero-order chi connectivity index (χ0) is 15.2. The van der Waals surface area contributed by atoms with Crippen LogP contribution in [0.1, 0.15) is 21.9 Å². The van der Waals surface area contributed by atoms with Crippen LogP contribution in [0.3, 0.4) is 0 Å². The summed E-state index contributed by atoms with van der Waals surface area (Å²) in [4.78, 5) is 20.5. The highest BCUT2D eigenvalue weighted by Crippen LogP contribution is 2.22. The van der Waals surface area contributed by atoms with Crippen LogP contribution in [0.4, 0.5) is 0 Å². The molecule has 0 aliphatic heterocycles. The zero-order valence-electron chi connectivity index (χ0n) is 11.9. The third kappa shape index (κ3) is 3.40. The van der Waals surface area contributed by atoms with Gasteiger partial charge in [-0.3, -0.25) is 4.79 Å². The van der Waals surface area contributed by atoms with E-state index in [1.54, 1.807) is 17.5 Å². The SMILES string of the molecule is O=C(NCCCc1nccs1)c1ncoc1-c1ccccc1. The van der Waals surface area contributed by atoms with Gasteiger partial charge >= 0.3 is 0 Å². The highest BCUT2D eigenvalue weighted by molar-refractivity contribution is 7.09. The van der Waals surface area contributed by atoms with Crippen LogP contribution in [0.25, 0.3) is 11.3 Å². The highest BCUT2D eigenvalue weighted by Gasteiger charge is 2.17. The van der Waals surface area contributed by atoms with E-state index in [0.717, 1.165) is 23.4 Å². The molecule has 0 saturated heterocycles. The normalized spacial score (nSPS) is 10.5. The number of aromatic nitrogens is 2. The molecule has 3 aromatic rings. The first-order valence-corrected chi connectivity index (χ1v) is 7.88. The minimum absolute atomic E-state index is 0.216. The maximum Gasteiger partial charge on any atom is 0.273 e. The first kappa shape index (κ1) is 14.5. The van der Waals surface area contributed by atoms with E-state index in [9.17, 15) is 4.79 Å². The Balaban J connectivity index is 1.58. The lowest BCUT2D eigenvalue weighted by atomic mass is 10.1. The minimum Gasteiger partial charge on any atom is -0.443 e. The van der Waals surface area contributed by atoms with Crippen LogP contribution in [0.2, 0.25) is 0 Å². The van der Waals surface area contributed by atoms with Gasteiger partial charge in [0, 0.05) is 30.1 Å². The summed E-state index contributed by atoms with van der Waals surface area (Å²) in [6.07, 6.45) is 4.80. The predicted molar refractivity (Wildman–Crippen MR) is 84.7 cm³/mol. The number of carbonyl (C=O) groups is 1. The van der Waals surface area contributed by atoms with E-state index in [0.29, 0.717) is 18.0 Å². The second-order valence-electron chi connectivity index (χ2n) is 4.68. The number of oxazole rings is 1. The number of nitrogens with zero attached hydrogens (tertiary/aromatic N) is 2. The number of benzene rings is 1. The number of rotatable bonds is 6. The molecule has 0 atom stereocenters. The van der Waals surface area contributed by atoms with Crippen molar-refractivity contribution in [3.05, 3.63) is 59.0 Å². The summed E-state index contributed by atoms with van der Waals surface area (Å²) >= 11 is 1.63. The highest BCUT2D eigenvalue weighted by atomic mass is 32.1. The Morgan fingerprint density at radius 1 is 1.23 bits per heavy atom. The number of thiazole rings is 1. The third-order valence-corrected chi connectivity index (χ3v) is 3.99. The second-order valence-corrected chi connectivity index (χ2v) is 5.66. The van der Waals surface area contributed by atoms with Gasteiger partial charge in [0.2, 0.25) is 0 Å². The average Bonchev–Trinajstić information content (AvgIpc) is 3.23. The van der Waals surface area contributed by atoms with Crippen LogP contribution >= 0.6 is 11.3 Å². The maximum absolute atomic E-state index is 12.2. The Hall–Kier alpha value is -2.47. The van der Waals surface area contributed by atoms with Gasteiger partial charge in [0.15, 0.2) is 17.8 Å². The summed E-state index contributed by atoms with van der Waals surface area (Å²) in [6, 6.07) is 9.48. The van der Waals surface area contributed by atoms with E-state index in [1.165, 1.54) is 6.39 Å². The third-order valence-electron chi connectivity index (χ3n) is 3.15. The van der Waals surface area contributed by atoms with Crippen molar-refractivity contribution in [2.45, 2.75) is 12.8 Å². The fourth-order valence-corrected chi connectivity index (χ4v) is 2.77. The molecule has 0 bridgehead atoms. The maximum atomic E-state index is 12.2. The number of hydrogen-bond acceptors (Lipinski definition) is 5. The fraction of sp³-hybridized carbons (Fsp3) is 0.188. The monoisotopic (exact) mass is 313 g/mol. The van der Waals surface area contributed by atoms with Crippen molar-refractivity contribution in [1.82, 2.24) is 15.3 Å². The lowest BCUT2D eigenvalue weighted by molar-refractivity contribution is 0.0949. The standard InChI is InChI=1S/C16H15N3O2S/c20-16(18-8-4-7-13-17-9-10-22-13)14-15(21-11-19-14)12-5-2-1-3-6-12/h1-3,5-6,9-11H,4,7-8H2,(H,18,20). The summed E-state index contributed by atoms with van der Waals surface area (Å²) in [7, 11) is 0. The Labute approximate surface area is 132 Å². The summed E-state index contributed by atoms with van der Waals surface area (Å²) in [6.45, 7) is 0.583. The smallest absolute Gasteiger partial charge is 0.273 e. The lowest BCUT2D eigenvalue weighted by Gasteiger charge is -2.04. The molecular formula is C16H15N3O2S. The van der Waals surface area contributed by atoms with Crippen LogP contribution < -0.4 is 5.32 Å². The Morgan fingerprint density at radius 3 is 2.86 bits per heavy atom. The van der Waals surface area contributed by atoms with Crippen molar-refractivity contribution in [3.8, 4) is 11.3 Å². The van der Waals surface area contributed by atoms with E-state index in [2.05, 4.69) is 15.3 Å². The fourth-order valence-electron chi connectivity index (χ4n) is 2.10. The van der Waals surface area contributed by atoms with Crippen molar-refractivity contribution < 1.29 is 9.21 Å². The Kier molecular flexibility index (Phi) is 4.60. The zero-order valence-corrected chi connectivity index (χ0v) is 12.7. The van der Waals surface area contributed by atoms with Gasteiger partial charge < -0.3 is 9.73 Å². The summed E-state index contributed by atoms with van der Waals surface area (Å²) < 4.78 is 5.36. The molecule has 112 valence electrons. The van der Waals surface area contributed by atoms with Crippen molar-refractivity contribution in [2.75, 3.05) is 6.54 Å². The predicted octanol–water partition coefficient (Wildman–Crippen LogP) is 3.16. The van der Waals surface area contributed by atoms with Gasteiger partial charge in [0.05, 0.1) is 5.01 Å². The van der Waals surface area contributed by atoms with Gasteiger partial charge in [-0.25, -0.2) is 9.97 Å². The second kappa shape index (κ2) is 7.00. The average molecular weight is 313 g/mol. The van der Waals surface area contributed by atoms with Crippen LogP contribution in [0.5, 0.6) is 0 Å². The number of carbonyl (C=O) groups excluding carboxylic acids is 1. The van der Waals surface area contributed by atoms with E-state index < -0.39 is 0 Å². The molecule has 3 rings (SSSR count). The van der Waals surface area contributed by atoms with Gasteiger partial charge in [-0.15, -0.1) is 11.3 Å². The molecule has 1 amide bonds. The van der Waals surface area contributed by atoms with E-state index >= 15 is 0 Å². The first-order valence-electron chi connectivity index (χ1n) is 7.00. The number of amides is 1. The van der Waals surface area contributed by atoms with Crippen molar-refractivity contribution in [2.24, 2.45) is 0 Å². The molecule has 0 fully saturated rings. The van der Waals surface area contributed by atoms with Crippen LogP contribution in [0.15, 0.2) is 52.7 Å². The van der Waals surface area contributed by atoms with Gasteiger partial charge in [0.25, 0.3) is 5.91 Å². The summed E-state index contributed by atoms with van der Waals surface area (Å²) in [5.74, 6) is 0.282. The first-order chi connectivity index (χ1) is 10.8.